The molecule has 0 saturated carbocycles. The highest BCUT2D eigenvalue weighted by atomic mass is 32.2. The van der Waals surface area contributed by atoms with Crippen LogP contribution in [0.15, 0.2) is 102 Å². The minimum absolute atomic E-state index is 0.0236. The first-order chi connectivity index (χ1) is 22.1. The van der Waals surface area contributed by atoms with Crippen LogP contribution in [0.2, 0.25) is 0 Å². The number of carbonyl (C=O) groups excluding carboxylic acids is 2. The van der Waals surface area contributed by atoms with E-state index in [-0.39, 0.29) is 29.5 Å². The highest BCUT2D eigenvalue weighted by Crippen LogP contribution is 2.34. The molecule has 46 heavy (non-hydrogen) atoms. The van der Waals surface area contributed by atoms with E-state index < -0.39 is 28.5 Å². The first kappa shape index (κ1) is 34.1. The van der Waals surface area contributed by atoms with Crippen LogP contribution < -0.4 is 19.1 Å². The lowest BCUT2D eigenvalue weighted by Gasteiger charge is -2.34. The highest BCUT2D eigenvalue weighted by molar-refractivity contribution is 7.92. The van der Waals surface area contributed by atoms with Gasteiger partial charge in [-0.2, -0.15) is 0 Å². The van der Waals surface area contributed by atoms with E-state index in [1.165, 1.54) is 37.3 Å². The molecule has 0 unspecified atom stereocenters. The lowest BCUT2D eigenvalue weighted by atomic mass is 10.0. The molecular formula is C36H41N3O6S. The van der Waals surface area contributed by atoms with Gasteiger partial charge in [-0.3, -0.25) is 13.9 Å². The van der Waals surface area contributed by atoms with Crippen LogP contribution >= 0.6 is 0 Å². The minimum atomic E-state index is -4.25. The zero-order valence-electron chi connectivity index (χ0n) is 26.9. The normalized spacial score (nSPS) is 11.8. The van der Waals surface area contributed by atoms with Crippen molar-refractivity contribution >= 4 is 27.5 Å². The quantitative estimate of drug-likeness (QED) is 0.200. The summed E-state index contributed by atoms with van der Waals surface area (Å²) in [6.07, 6.45) is 0.241. The van der Waals surface area contributed by atoms with Crippen molar-refractivity contribution in [2.75, 3.05) is 31.6 Å². The summed E-state index contributed by atoms with van der Waals surface area (Å²) >= 11 is 0. The molecule has 0 saturated heterocycles. The Hall–Kier alpha value is -4.83. The molecule has 0 aliphatic rings. The largest absolute Gasteiger partial charge is 0.493 e. The van der Waals surface area contributed by atoms with E-state index in [2.05, 4.69) is 5.32 Å². The Morgan fingerprint density at radius 2 is 1.46 bits per heavy atom. The van der Waals surface area contributed by atoms with Crippen LogP contribution in [-0.2, 0) is 32.6 Å². The molecule has 4 aromatic rings. The van der Waals surface area contributed by atoms with E-state index >= 15 is 0 Å². The van der Waals surface area contributed by atoms with E-state index in [9.17, 15) is 18.0 Å². The number of nitrogens with one attached hydrogen (secondary N) is 1. The van der Waals surface area contributed by atoms with Gasteiger partial charge in [-0.15, -0.1) is 0 Å². The number of aryl methyl sites for hydroxylation is 2. The van der Waals surface area contributed by atoms with Gasteiger partial charge in [0.25, 0.3) is 10.0 Å². The molecule has 0 fully saturated rings. The summed E-state index contributed by atoms with van der Waals surface area (Å²) in [5.74, 6) is -0.159. The van der Waals surface area contributed by atoms with Crippen molar-refractivity contribution in [3.63, 3.8) is 0 Å². The fourth-order valence-corrected chi connectivity index (χ4v) is 6.61. The van der Waals surface area contributed by atoms with Crippen molar-refractivity contribution in [2.45, 2.75) is 44.7 Å². The van der Waals surface area contributed by atoms with Crippen LogP contribution in [0.4, 0.5) is 5.69 Å². The van der Waals surface area contributed by atoms with Crippen LogP contribution in [0.3, 0.4) is 0 Å². The molecule has 1 N–H and O–H groups in total. The zero-order valence-corrected chi connectivity index (χ0v) is 27.7. The van der Waals surface area contributed by atoms with Crippen molar-refractivity contribution in [2.24, 2.45) is 0 Å². The maximum absolute atomic E-state index is 14.6. The summed E-state index contributed by atoms with van der Waals surface area (Å²) in [5, 5.41) is 2.88. The number of anilines is 1. The van der Waals surface area contributed by atoms with Gasteiger partial charge in [0.05, 0.1) is 24.8 Å². The van der Waals surface area contributed by atoms with Crippen LogP contribution in [0.5, 0.6) is 11.5 Å². The number of benzene rings is 4. The van der Waals surface area contributed by atoms with Crippen molar-refractivity contribution in [3.05, 3.63) is 119 Å². The van der Waals surface area contributed by atoms with E-state index in [0.717, 1.165) is 26.6 Å². The average Bonchev–Trinajstić information content (AvgIpc) is 3.05. The number of ether oxygens (including phenoxy) is 2. The first-order valence-corrected chi connectivity index (χ1v) is 16.5. The summed E-state index contributed by atoms with van der Waals surface area (Å²) in [4.78, 5) is 29.7. The number of methoxy groups -OCH3 is 2. The number of amides is 2. The zero-order chi connectivity index (χ0) is 33.3. The van der Waals surface area contributed by atoms with Gasteiger partial charge in [0.15, 0.2) is 11.5 Å². The lowest BCUT2D eigenvalue weighted by molar-refractivity contribution is -0.140. The Bertz CT molecular complexity index is 1740. The fraction of sp³-hybridized carbons (Fsp3) is 0.278. The lowest BCUT2D eigenvalue weighted by Crippen LogP contribution is -2.53. The minimum Gasteiger partial charge on any atom is -0.493 e. The Balaban J connectivity index is 1.83. The van der Waals surface area contributed by atoms with Gasteiger partial charge in [0.1, 0.15) is 12.6 Å². The number of hydrogen-bond donors (Lipinski definition) is 1. The van der Waals surface area contributed by atoms with Gasteiger partial charge < -0.3 is 19.7 Å². The molecule has 1 atom stereocenters. The predicted molar refractivity (Wildman–Crippen MR) is 180 cm³/mol. The van der Waals surface area contributed by atoms with Gasteiger partial charge in [0.2, 0.25) is 11.8 Å². The van der Waals surface area contributed by atoms with Gasteiger partial charge in [0, 0.05) is 25.6 Å². The molecule has 0 aliphatic heterocycles. The Kier molecular flexibility index (Phi) is 11.4. The number of likely N-dealkylation sites (N-methyl/N-ethyl adjacent to an activating group) is 1. The molecule has 9 nitrogen and oxygen atoms in total. The third-order valence-corrected chi connectivity index (χ3v) is 9.39. The van der Waals surface area contributed by atoms with Crippen LogP contribution in [0.1, 0.15) is 29.2 Å². The molecule has 2 amide bonds. The maximum atomic E-state index is 14.6. The topological polar surface area (TPSA) is 105 Å². The Morgan fingerprint density at radius 3 is 2.09 bits per heavy atom. The molecule has 0 aliphatic carbocycles. The molecule has 0 aromatic heterocycles. The average molecular weight is 644 g/mol. The predicted octanol–water partition coefficient (Wildman–Crippen LogP) is 5.29. The summed E-state index contributed by atoms with van der Waals surface area (Å²) in [5.41, 5.74) is 3.78. The molecular weight excluding hydrogens is 602 g/mol. The van der Waals surface area contributed by atoms with E-state index in [1.54, 1.807) is 24.3 Å². The van der Waals surface area contributed by atoms with E-state index in [1.807, 2.05) is 75.4 Å². The Labute approximate surface area is 271 Å². The third-order valence-electron chi connectivity index (χ3n) is 7.60. The summed E-state index contributed by atoms with van der Waals surface area (Å²) in [7, 11) is -1.31. The van der Waals surface area contributed by atoms with Crippen LogP contribution in [0.25, 0.3) is 0 Å². The molecule has 0 heterocycles. The van der Waals surface area contributed by atoms with E-state index in [0.29, 0.717) is 18.0 Å². The number of nitrogens with zero attached hydrogens (tertiary/aromatic N) is 2. The Morgan fingerprint density at radius 1 is 0.783 bits per heavy atom. The maximum Gasteiger partial charge on any atom is 0.264 e. The molecule has 10 heteroatoms. The monoisotopic (exact) mass is 643 g/mol. The second-order valence-corrected chi connectivity index (χ2v) is 12.8. The third kappa shape index (κ3) is 8.25. The second-order valence-electron chi connectivity index (χ2n) is 11.0. The number of hydrogen-bond acceptors (Lipinski definition) is 6. The van der Waals surface area contributed by atoms with Crippen molar-refractivity contribution < 1.29 is 27.5 Å². The summed E-state index contributed by atoms with van der Waals surface area (Å²) in [6, 6.07) is 27.3. The van der Waals surface area contributed by atoms with Gasteiger partial charge in [-0.1, -0.05) is 77.9 Å². The number of carbonyl (C=O) groups is 2. The molecule has 4 aromatic carbocycles. The first-order valence-electron chi connectivity index (χ1n) is 15.1. The van der Waals surface area contributed by atoms with Crippen molar-refractivity contribution in [3.8, 4) is 11.5 Å². The SMILES string of the molecule is CCNC(=O)[C@@H](Cc1ccccc1)N(Cc1cccc(C)c1)C(=O)CN(c1ccc(OC)c(OC)c1)S(=O)(=O)c1ccc(C)cc1. The molecule has 0 radical (unpaired) electrons. The van der Waals surface area contributed by atoms with Gasteiger partial charge >= 0.3 is 0 Å². The number of sulfonamides is 1. The molecule has 0 bridgehead atoms. The van der Waals surface area contributed by atoms with Crippen molar-refractivity contribution in [1.82, 2.24) is 10.2 Å². The summed E-state index contributed by atoms with van der Waals surface area (Å²) < 4.78 is 40.4. The number of rotatable bonds is 14. The fourth-order valence-electron chi connectivity index (χ4n) is 5.20. The second kappa shape index (κ2) is 15.4. The van der Waals surface area contributed by atoms with Crippen molar-refractivity contribution in [1.29, 1.82) is 0 Å². The highest BCUT2D eigenvalue weighted by Gasteiger charge is 2.35. The molecule has 0 spiro atoms. The standard InChI is InChI=1S/C36H41N3O6S/c1-6-37-36(41)32(22-28-12-8-7-9-13-28)38(24-29-14-10-11-27(3)21-29)35(40)25-39(30-17-20-33(44-4)34(23-30)45-5)46(42,43)31-18-15-26(2)16-19-31/h7-21,23,32H,6,22,24-25H2,1-5H3,(H,37,41)/t32-/m1/s1. The molecule has 4 rings (SSSR count). The van der Waals surface area contributed by atoms with Crippen LogP contribution in [-0.4, -0.2) is 58.5 Å². The van der Waals surface area contributed by atoms with E-state index in [4.69, 9.17) is 9.47 Å². The van der Waals surface area contributed by atoms with Gasteiger partial charge in [-0.25, -0.2) is 8.42 Å². The van der Waals surface area contributed by atoms with Gasteiger partial charge in [-0.05, 0) is 56.2 Å². The smallest absolute Gasteiger partial charge is 0.264 e. The molecule has 242 valence electrons. The van der Waals surface area contributed by atoms with Crippen LogP contribution in [0, 0.1) is 13.8 Å². The summed E-state index contributed by atoms with van der Waals surface area (Å²) in [6.45, 7) is 5.53.